The van der Waals surface area contributed by atoms with Crippen molar-refractivity contribution < 1.29 is 13.2 Å². The predicted molar refractivity (Wildman–Crippen MR) is 43.1 cm³/mol. The molecule has 6 heteroatoms. The Morgan fingerprint density at radius 2 is 2.23 bits per heavy atom. The number of aryl methyl sites for hydroxylation is 1. The lowest BCUT2D eigenvalue weighted by Gasteiger charge is -2.03. The van der Waals surface area contributed by atoms with Crippen LogP contribution in [0.3, 0.4) is 0 Å². The highest BCUT2D eigenvalue weighted by Crippen LogP contribution is 2.29. The lowest BCUT2D eigenvalue weighted by Crippen LogP contribution is -2.07. The summed E-state index contributed by atoms with van der Waals surface area (Å²) in [6, 6.07) is 0. The molecule has 1 aromatic rings. The van der Waals surface area contributed by atoms with Crippen molar-refractivity contribution in [2.24, 2.45) is 7.05 Å². The molecule has 2 nitrogen and oxygen atoms in total. The van der Waals surface area contributed by atoms with Crippen LogP contribution in [0.4, 0.5) is 13.2 Å². The highest BCUT2D eigenvalue weighted by Gasteiger charge is 2.32. The third-order valence-corrected chi connectivity index (χ3v) is 1.72. The van der Waals surface area contributed by atoms with E-state index < -0.39 is 11.2 Å². The van der Waals surface area contributed by atoms with Crippen LogP contribution in [0.1, 0.15) is 5.69 Å². The topological polar surface area (TPSA) is 17.8 Å². The fourth-order valence-corrected chi connectivity index (χ4v) is 0.830. The lowest BCUT2D eigenvalue weighted by atomic mass is 10.4. The minimum atomic E-state index is -4.49. The highest BCUT2D eigenvalue weighted by atomic mass is 35.5. The maximum absolute atomic E-state index is 11.9. The normalized spacial score (nSPS) is 13.5. The summed E-state index contributed by atoms with van der Waals surface area (Å²) in [5.41, 5.74) is 0.308. The summed E-state index contributed by atoms with van der Waals surface area (Å²) < 4.78 is 37.3. The molecule has 0 saturated heterocycles. The van der Waals surface area contributed by atoms with Crippen LogP contribution in [-0.4, -0.2) is 15.7 Å². The zero-order valence-corrected chi connectivity index (χ0v) is 7.39. The molecule has 13 heavy (non-hydrogen) atoms. The van der Waals surface area contributed by atoms with Gasteiger partial charge in [-0.05, 0) is 6.08 Å². The molecule has 0 bridgehead atoms. The predicted octanol–water partition coefficient (Wildman–Crippen LogP) is 2.56. The van der Waals surface area contributed by atoms with Crippen LogP contribution in [0.2, 0.25) is 0 Å². The van der Waals surface area contributed by atoms with Gasteiger partial charge in [0, 0.05) is 7.05 Å². The van der Waals surface area contributed by atoms with E-state index in [0.29, 0.717) is 5.69 Å². The fourth-order valence-electron chi connectivity index (χ4n) is 0.718. The van der Waals surface area contributed by atoms with Gasteiger partial charge in [0.1, 0.15) is 5.03 Å². The first-order valence-corrected chi connectivity index (χ1v) is 3.70. The average Bonchev–Trinajstić information content (AvgIpc) is 2.34. The molecule has 0 radical (unpaired) electrons. The van der Waals surface area contributed by atoms with E-state index in [0.717, 1.165) is 6.08 Å². The molecule has 0 N–H and O–H groups in total. The first-order chi connectivity index (χ1) is 5.91. The van der Waals surface area contributed by atoms with Crippen molar-refractivity contribution in [3.8, 4) is 0 Å². The van der Waals surface area contributed by atoms with Crippen molar-refractivity contribution >= 4 is 17.7 Å². The zero-order valence-electron chi connectivity index (χ0n) is 6.64. The van der Waals surface area contributed by atoms with Gasteiger partial charge in [0.2, 0.25) is 0 Å². The van der Waals surface area contributed by atoms with Gasteiger partial charge in [-0.3, -0.25) is 0 Å². The van der Waals surface area contributed by atoms with Crippen molar-refractivity contribution in [1.82, 2.24) is 9.55 Å². The molecule has 1 rings (SSSR count). The van der Waals surface area contributed by atoms with E-state index in [1.807, 2.05) is 0 Å². The van der Waals surface area contributed by atoms with E-state index in [1.54, 1.807) is 7.05 Å². The third kappa shape index (κ3) is 2.48. The monoisotopic (exact) mass is 210 g/mol. The fraction of sp³-hybridized carbons (Fsp3) is 0.286. The smallest absolute Gasteiger partial charge is 0.334 e. The molecule has 0 unspecified atom stereocenters. The molecule has 1 aromatic heterocycles. The van der Waals surface area contributed by atoms with Gasteiger partial charge in [-0.15, -0.1) is 0 Å². The molecule has 0 aliphatic rings. The van der Waals surface area contributed by atoms with Crippen LogP contribution in [-0.2, 0) is 7.05 Å². The maximum Gasteiger partial charge on any atom is 0.427 e. The number of alkyl halides is 3. The van der Waals surface area contributed by atoms with Crippen molar-refractivity contribution in [2.45, 2.75) is 6.18 Å². The van der Waals surface area contributed by atoms with E-state index in [4.69, 9.17) is 11.6 Å². The molecule has 1 heterocycles. The second-order valence-corrected chi connectivity index (χ2v) is 2.83. The molecular weight excluding hydrogens is 205 g/mol. The SMILES string of the molecule is Cn1cncc1/C=C(\Cl)C(F)(F)F. The number of aromatic nitrogens is 2. The molecular formula is C7H6ClF3N2. The number of imidazole rings is 1. The Hall–Kier alpha value is -0.970. The van der Waals surface area contributed by atoms with Crippen molar-refractivity contribution in [3.63, 3.8) is 0 Å². The second kappa shape index (κ2) is 3.41. The van der Waals surface area contributed by atoms with E-state index in [2.05, 4.69) is 4.98 Å². The molecule has 0 aliphatic heterocycles. The number of hydrogen-bond acceptors (Lipinski definition) is 1. The highest BCUT2D eigenvalue weighted by molar-refractivity contribution is 6.32. The van der Waals surface area contributed by atoms with Gasteiger partial charge in [0.15, 0.2) is 0 Å². The largest absolute Gasteiger partial charge is 0.427 e. The van der Waals surface area contributed by atoms with Crippen LogP contribution in [0.5, 0.6) is 0 Å². The van der Waals surface area contributed by atoms with Crippen molar-refractivity contribution in [1.29, 1.82) is 0 Å². The minimum absolute atomic E-state index is 0.308. The van der Waals surface area contributed by atoms with Gasteiger partial charge in [0.05, 0.1) is 18.2 Å². The average molecular weight is 211 g/mol. The summed E-state index contributed by atoms with van der Waals surface area (Å²) >= 11 is 5.02. The van der Waals surface area contributed by atoms with Gasteiger partial charge >= 0.3 is 6.18 Å². The number of halogens is 4. The van der Waals surface area contributed by atoms with Crippen molar-refractivity contribution in [3.05, 3.63) is 23.3 Å². The summed E-state index contributed by atoms with van der Waals surface area (Å²) in [5, 5.41) is -1.16. The number of rotatable bonds is 1. The van der Waals surface area contributed by atoms with Crippen molar-refractivity contribution in [2.75, 3.05) is 0 Å². The number of allylic oxidation sites excluding steroid dienone is 1. The number of hydrogen-bond donors (Lipinski definition) is 0. The van der Waals surface area contributed by atoms with E-state index in [1.165, 1.54) is 17.1 Å². The summed E-state index contributed by atoms with van der Waals surface area (Å²) in [6.45, 7) is 0. The van der Waals surface area contributed by atoms with Crippen LogP contribution < -0.4 is 0 Å². The molecule has 72 valence electrons. The Bertz CT molecular complexity index is 327. The standard InChI is InChI=1S/C7H6ClF3N2/c1-13-4-12-3-5(13)2-6(8)7(9,10)11/h2-4H,1H3/b6-2-. The van der Waals surface area contributed by atoms with Crippen LogP contribution in [0.25, 0.3) is 6.08 Å². The summed E-state index contributed by atoms with van der Waals surface area (Å²) in [4.78, 5) is 3.65. The van der Waals surface area contributed by atoms with E-state index in [-0.39, 0.29) is 0 Å². The molecule has 0 aromatic carbocycles. The maximum atomic E-state index is 11.9. The molecule has 0 amide bonds. The second-order valence-electron chi connectivity index (χ2n) is 2.42. The molecule has 0 saturated carbocycles. The Labute approximate surface area is 77.6 Å². The van der Waals surface area contributed by atoms with Crippen LogP contribution >= 0.6 is 11.6 Å². The van der Waals surface area contributed by atoms with Gasteiger partial charge in [0.25, 0.3) is 0 Å². The molecule has 0 fully saturated rings. The lowest BCUT2D eigenvalue weighted by molar-refractivity contribution is -0.0836. The number of nitrogens with zero attached hydrogens (tertiary/aromatic N) is 2. The van der Waals surface area contributed by atoms with Crippen LogP contribution in [0, 0.1) is 0 Å². The molecule has 0 atom stereocenters. The minimum Gasteiger partial charge on any atom is -0.334 e. The van der Waals surface area contributed by atoms with Gasteiger partial charge in [-0.1, -0.05) is 11.6 Å². The van der Waals surface area contributed by atoms with Gasteiger partial charge in [-0.2, -0.15) is 13.2 Å². The van der Waals surface area contributed by atoms with Gasteiger partial charge in [-0.25, -0.2) is 4.98 Å². The molecule has 0 aliphatic carbocycles. The molecule has 0 spiro atoms. The summed E-state index contributed by atoms with van der Waals surface area (Å²) in [7, 11) is 1.58. The van der Waals surface area contributed by atoms with E-state index in [9.17, 15) is 13.2 Å². The Morgan fingerprint density at radius 1 is 1.62 bits per heavy atom. The Kier molecular flexibility index (Phi) is 2.66. The Balaban J connectivity index is 2.96. The third-order valence-electron chi connectivity index (χ3n) is 1.40. The first kappa shape index (κ1) is 10.1. The van der Waals surface area contributed by atoms with E-state index >= 15 is 0 Å². The quantitative estimate of drug-likeness (QED) is 0.697. The Morgan fingerprint density at radius 3 is 2.62 bits per heavy atom. The zero-order chi connectivity index (χ0) is 10.1. The summed E-state index contributed by atoms with van der Waals surface area (Å²) in [5.74, 6) is 0. The van der Waals surface area contributed by atoms with Gasteiger partial charge < -0.3 is 4.57 Å². The summed E-state index contributed by atoms with van der Waals surface area (Å²) in [6.07, 6.45) is -0.971. The van der Waals surface area contributed by atoms with Crippen LogP contribution in [0.15, 0.2) is 17.6 Å². The first-order valence-electron chi connectivity index (χ1n) is 3.32.